The lowest BCUT2D eigenvalue weighted by Gasteiger charge is -2.14. The second kappa shape index (κ2) is 8.74. The molecule has 4 rings (SSSR count). The van der Waals surface area contributed by atoms with Gasteiger partial charge in [0.05, 0.1) is 34.8 Å². The minimum atomic E-state index is -0.619. The van der Waals surface area contributed by atoms with Crippen LogP contribution in [0.4, 0.5) is 4.39 Å². The molecule has 166 valence electrons. The number of pyridine rings is 1. The van der Waals surface area contributed by atoms with Gasteiger partial charge in [0.15, 0.2) is 11.9 Å². The van der Waals surface area contributed by atoms with Gasteiger partial charge in [0, 0.05) is 23.7 Å². The molecule has 0 unspecified atom stereocenters. The smallest absolute Gasteiger partial charge is 0.160 e. The number of benzene rings is 1. The minimum absolute atomic E-state index is 0.0210. The van der Waals surface area contributed by atoms with Crippen molar-refractivity contribution in [2.24, 2.45) is 0 Å². The van der Waals surface area contributed by atoms with Crippen molar-refractivity contribution in [3.8, 4) is 11.1 Å². The second-order valence-electron chi connectivity index (χ2n) is 7.75. The van der Waals surface area contributed by atoms with Crippen LogP contribution in [-0.4, -0.2) is 36.6 Å². The number of hydrogen-bond acceptors (Lipinski definition) is 6. The Morgan fingerprint density at radius 2 is 2.00 bits per heavy atom. The van der Waals surface area contributed by atoms with Gasteiger partial charge in [-0.15, -0.1) is 0 Å². The summed E-state index contributed by atoms with van der Waals surface area (Å²) in [5.74, 6) is -0.648. The van der Waals surface area contributed by atoms with E-state index in [0.29, 0.717) is 39.8 Å². The van der Waals surface area contributed by atoms with E-state index in [9.17, 15) is 14.3 Å². The van der Waals surface area contributed by atoms with E-state index >= 15 is 0 Å². The first-order valence-electron chi connectivity index (χ1n) is 10.3. The predicted molar refractivity (Wildman–Crippen MR) is 125 cm³/mol. The van der Waals surface area contributed by atoms with Crippen molar-refractivity contribution in [3.63, 3.8) is 0 Å². The lowest BCUT2D eigenvalue weighted by atomic mass is 10.1. The van der Waals surface area contributed by atoms with E-state index in [4.69, 9.17) is 10.4 Å². The Balaban J connectivity index is 1.99. The number of nitrogens with one attached hydrogen (secondary N) is 1. The van der Waals surface area contributed by atoms with Crippen molar-refractivity contribution in [2.45, 2.75) is 26.8 Å². The summed E-state index contributed by atoms with van der Waals surface area (Å²) < 4.78 is 16.3. The molecule has 3 heterocycles. The van der Waals surface area contributed by atoms with Crippen LogP contribution in [0.15, 0.2) is 60.7 Å². The maximum atomic E-state index is 14.4. The molecule has 0 aliphatic carbocycles. The highest BCUT2D eigenvalue weighted by molar-refractivity contribution is 6.21. The van der Waals surface area contributed by atoms with Crippen LogP contribution in [-0.2, 0) is 0 Å². The van der Waals surface area contributed by atoms with Crippen LogP contribution in [0.2, 0.25) is 0 Å². The second-order valence-corrected chi connectivity index (χ2v) is 7.75. The van der Waals surface area contributed by atoms with Crippen LogP contribution >= 0.6 is 0 Å². The third kappa shape index (κ3) is 4.03. The first-order chi connectivity index (χ1) is 15.8. The summed E-state index contributed by atoms with van der Waals surface area (Å²) in [5.41, 5.74) is 3.81. The number of allylic oxidation sites excluding steroid dienone is 2. The highest BCUT2D eigenvalue weighted by Gasteiger charge is 2.21. The van der Waals surface area contributed by atoms with Crippen LogP contribution in [0.1, 0.15) is 48.6 Å². The molecular formula is C25H22FN5O2. The number of halogens is 1. The SMILES string of the molecule is CC(=N)/C(=C(/C)O)c1cnc2c(-c3ccc(C=O)c(F)c3)cn([C@@H](C)c3ccccn3)c2n1. The van der Waals surface area contributed by atoms with Crippen LogP contribution in [0.25, 0.3) is 27.9 Å². The summed E-state index contributed by atoms with van der Waals surface area (Å²) in [6.07, 6.45) is 5.50. The number of carbonyl (C=O) groups is 1. The van der Waals surface area contributed by atoms with E-state index in [-0.39, 0.29) is 23.1 Å². The van der Waals surface area contributed by atoms with Crippen molar-refractivity contribution in [1.29, 1.82) is 5.41 Å². The van der Waals surface area contributed by atoms with E-state index < -0.39 is 5.82 Å². The van der Waals surface area contributed by atoms with E-state index in [0.717, 1.165) is 5.69 Å². The van der Waals surface area contributed by atoms with Gasteiger partial charge in [-0.1, -0.05) is 12.1 Å². The van der Waals surface area contributed by atoms with Crippen LogP contribution in [0, 0.1) is 11.2 Å². The lowest BCUT2D eigenvalue weighted by molar-refractivity contribution is 0.112. The summed E-state index contributed by atoms with van der Waals surface area (Å²) in [5, 5.41) is 18.1. The molecule has 3 aromatic heterocycles. The molecular weight excluding hydrogens is 421 g/mol. The van der Waals surface area contributed by atoms with Crippen molar-refractivity contribution in [3.05, 3.63) is 83.5 Å². The number of nitrogens with zero attached hydrogens (tertiary/aromatic N) is 4. The summed E-state index contributed by atoms with van der Waals surface area (Å²) in [7, 11) is 0. The number of hydrogen-bond donors (Lipinski definition) is 2. The van der Waals surface area contributed by atoms with Gasteiger partial charge in [0.1, 0.15) is 17.1 Å². The zero-order chi connectivity index (χ0) is 23.7. The van der Waals surface area contributed by atoms with Gasteiger partial charge >= 0.3 is 0 Å². The normalized spacial score (nSPS) is 13.0. The molecule has 2 N–H and O–H groups in total. The van der Waals surface area contributed by atoms with Crippen LogP contribution in [0.5, 0.6) is 0 Å². The fourth-order valence-electron chi connectivity index (χ4n) is 3.84. The van der Waals surface area contributed by atoms with Crippen molar-refractivity contribution in [2.75, 3.05) is 0 Å². The zero-order valence-electron chi connectivity index (χ0n) is 18.4. The first-order valence-corrected chi connectivity index (χ1v) is 10.3. The number of aliphatic hydroxyl groups is 1. The molecule has 4 aromatic rings. The Bertz CT molecular complexity index is 1410. The molecule has 0 spiro atoms. The average Bonchev–Trinajstić information content (AvgIpc) is 3.17. The van der Waals surface area contributed by atoms with Gasteiger partial charge in [-0.3, -0.25) is 9.78 Å². The van der Waals surface area contributed by atoms with E-state index in [1.165, 1.54) is 25.3 Å². The molecule has 0 aliphatic heterocycles. The number of fused-ring (bicyclic) bond motifs is 1. The molecule has 0 radical (unpaired) electrons. The Morgan fingerprint density at radius 3 is 2.61 bits per heavy atom. The van der Waals surface area contributed by atoms with Gasteiger partial charge in [-0.2, -0.15) is 0 Å². The van der Waals surface area contributed by atoms with Crippen molar-refractivity contribution >= 4 is 28.7 Å². The van der Waals surface area contributed by atoms with Gasteiger partial charge in [-0.05, 0) is 50.6 Å². The molecule has 0 bridgehead atoms. The summed E-state index contributed by atoms with van der Waals surface area (Å²) in [6.45, 7) is 5.03. The Morgan fingerprint density at radius 1 is 1.21 bits per heavy atom. The van der Waals surface area contributed by atoms with E-state index in [2.05, 4.69) is 9.97 Å². The third-order valence-corrected chi connectivity index (χ3v) is 5.49. The number of rotatable bonds is 6. The fraction of sp³-hybridized carbons (Fsp3) is 0.160. The summed E-state index contributed by atoms with van der Waals surface area (Å²) >= 11 is 0. The Kier molecular flexibility index (Phi) is 5.83. The maximum absolute atomic E-state index is 14.4. The first kappa shape index (κ1) is 22.0. The molecule has 1 atom stereocenters. The maximum Gasteiger partial charge on any atom is 0.160 e. The highest BCUT2D eigenvalue weighted by atomic mass is 19.1. The largest absolute Gasteiger partial charge is 0.512 e. The highest BCUT2D eigenvalue weighted by Crippen LogP contribution is 2.33. The average molecular weight is 443 g/mol. The van der Waals surface area contributed by atoms with Gasteiger partial charge in [0.2, 0.25) is 0 Å². The van der Waals surface area contributed by atoms with Gasteiger partial charge < -0.3 is 15.1 Å². The van der Waals surface area contributed by atoms with Gasteiger partial charge in [0.25, 0.3) is 0 Å². The van der Waals surface area contributed by atoms with Crippen molar-refractivity contribution < 1.29 is 14.3 Å². The van der Waals surface area contributed by atoms with Gasteiger partial charge in [-0.25, -0.2) is 14.4 Å². The van der Waals surface area contributed by atoms with Crippen LogP contribution < -0.4 is 0 Å². The molecule has 0 fully saturated rings. The van der Waals surface area contributed by atoms with Crippen molar-refractivity contribution in [1.82, 2.24) is 19.5 Å². The van der Waals surface area contributed by atoms with Crippen LogP contribution in [0.3, 0.4) is 0 Å². The number of aromatic nitrogens is 4. The van der Waals surface area contributed by atoms with E-state index in [1.54, 1.807) is 19.2 Å². The lowest BCUT2D eigenvalue weighted by Crippen LogP contribution is -2.09. The number of carbonyl (C=O) groups excluding carboxylic acids is 1. The monoisotopic (exact) mass is 443 g/mol. The quantitative estimate of drug-likeness (QED) is 0.236. The molecule has 0 saturated heterocycles. The molecule has 0 aliphatic rings. The zero-order valence-corrected chi connectivity index (χ0v) is 18.4. The topological polar surface area (TPSA) is 105 Å². The molecule has 8 heteroatoms. The third-order valence-electron chi connectivity index (χ3n) is 5.49. The molecule has 0 saturated carbocycles. The number of aliphatic hydroxyl groups excluding tert-OH is 1. The summed E-state index contributed by atoms with van der Waals surface area (Å²) in [4.78, 5) is 24.8. The molecule has 0 amide bonds. The minimum Gasteiger partial charge on any atom is -0.512 e. The number of aldehydes is 1. The standard InChI is InChI=1S/C25H22FN5O2/c1-14(27)23(16(3)33)22-11-29-24-19(17-7-8-18(13-32)20(26)10-17)12-31(25(24)30-22)15(2)21-6-4-5-9-28-21/h4-13,15,27,33H,1-3H3/b23-16+,27-14?/t15-/m0/s1. The Labute approximate surface area is 189 Å². The summed E-state index contributed by atoms with van der Waals surface area (Å²) in [6, 6.07) is 9.79. The molecule has 7 nitrogen and oxygen atoms in total. The van der Waals surface area contributed by atoms with E-state index in [1.807, 2.05) is 35.9 Å². The predicted octanol–water partition coefficient (Wildman–Crippen LogP) is 5.38. The molecule has 1 aromatic carbocycles. The fourth-order valence-corrected chi connectivity index (χ4v) is 3.84. The Hall–Kier alpha value is -4.20. The molecule has 33 heavy (non-hydrogen) atoms.